The minimum atomic E-state index is -2.88. The molecule has 6 aliphatic carbocycles. The van der Waals surface area contributed by atoms with E-state index in [9.17, 15) is 18.0 Å². The minimum absolute atomic E-state index is 0.0323. The average molecular weight is 823 g/mol. The molecule has 5 fully saturated rings. The lowest BCUT2D eigenvalue weighted by Gasteiger charge is -2.72. The van der Waals surface area contributed by atoms with Gasteiger partial charge in [-0.1, -0.05) is 58.9 Å². The van der Waals surface area contributed by atoms with Gasteiger partial charge in [0.25, 0.3) is 0 Å². The van der Waals surface area contributed by atoms with E-state index in [0.717, 1.165) is 19.5 Å². The first-order valence-corrected chi connectivity index (χ1v) is 25.0. The van der Waals surface area contributed by atoms with Crippen LogP contribution in [0.1, 0.15) is 146 Å². The van der Waals surface area contributed by atoms with Crippen LogP contribution < -0.4 is 5.32 Å². The molecule has 7 aliphatic rings. The Morgan fingerprint density at radius 2 is 1.48 bits per heavy atom. The van der Waals surface area contributed by atoms with Crippen LogP contribution in [0, 0.1) is 56.7 Å². The Kier molecular flexibility index (Phi) is 11.7. The summed E-state index contributed by atoms with van der Waals surface area (Å²) in [4.78, 5) is 29.4. The lowest BCUT2D eigenvalue weighted by atomic mass is 9.33. The van der Waals surface area contributed by atoms with Gasteiger partial charge in [-0.05, 0) is 174 Å². The monoisotopic (exact) mass is 823 g/mol. The quantitative estimate of drug-likeness (QED) is 0.132. The molecule has 0 aromatic rings. The minimum Gasteiger partial charge on any atom is -0.462 e. The first kappa shape index (κ1) is 44.1. The third kappa shape index (κ3) is 7.13. The maximum absolute atomic E-state index is 13.5. The second kappa shape index (κ2) is 15.4. The van der Waals surface area contributed by atoms with Crippen LogP contribution in [0.25, 0.3) is 0 Å². The van der Waals surface area contributed by atoms with Gasteiger partial charge in [0.15, 0.2) is 15.3 Å². The highest BCUT2D eigenvalue weighted by Gasteiger charge is 2.70. The van der Waals surface area contributed by atoms with Crippen LogP contribution in [-0.2, 0) is 28.9 Å². The number of carbonyl (C=O) groups excluding carboxylic acids is 2. The van der Waals surface area contributed by atoms with E-state index in [2.05, 4.69) is 70.5 Å². The Balaban J connectivity index is 1.12. The van der Waals surface area contributed by atoms with E-state index in [1.165, 1.54) is 68.1 Å². The number of hydrogen-bond donors (Lipinski definition) is 1. The smallest absolute Gasteiger partial charge is 0.324 e. The van der Waals surface area contributed by atoms with E-state index in [1.807, 2.05) is 27.7 Å². The van der Waals surface area contributed by atoms with Gasteiger partial charge in [0, 0.05) is 31.7 Å². The van der Waals surface area contributed by atoms with Crippen molar-refractivity contribution in [3.8, 4) is 0 Å². The predicted molar refractivity (Wildman–Crippen MR) is 233 cm³/mol. The molecule has 0 aromatic heterocycles. The molecule has 7 rings (SSSR count). The summed E-state index contributed by atoms with van der Waals surface area (Å²) in [5.74, 6) is 2.64. The summed E-state index contributed by atoms with van der Waals surface area (Å²) in [7, 11) is -2.88. The maximum atomic E-state index is 13.5. The van der Waals surface area contributed by atoms with Crippen LogP contribution in [0.4, 0.5) is 0 Å². The van der Waals surface area contributed by atoms with E-state index in [4.69, 9.17) is 9.47 Å². The van der Waals surface area contributed by atoms with Crippen LogP contribution in [0.5, 0.6) is 0 Å². The Hall–Kier alpha value is -1.97. The summed E-state index contributed by atoms with van der Waals surface area (Å²) in [6.07, 6.45) is 16.6. The molecule has 0 spiro atoms. The summed E-state index contributed by atoms with van der Waals surface area (Å²) in [5, 5.41) is 4.22. The van der Waals surface area contributed by atoms with E-state index in [1.54, 1.807) is 0 Å². The lowest BCUT2D eigenvalue weighted by molar-refractivity contribution is -0.221. The van der Waals surface area contributed by atoms with Gasteiger partial charge in [0.2, 0.25) is 0 Å². The van der Waals surface area contributed by atoms with E-state index in [-0.39, 0.29) is 39.4 Å². The lowest BCUT2D eigenvalue weighted by Crippen LogP contribution is -2.68. The Morgan fingerprint density at radius 3 is 2.07 bits per heavy atom. The molecule has 1 heterocycles. The number of esters is 2. The molecule has 4 saturated carbocycles. The summed E-state index contributed by atoms with van der Waals surface area (Å²) in [6, 6.07) is 0. The molecule has 8 nitrogen and oxygen atoms in total. The van der Waals surface area contributed by atoms with Crippen molar-refractivity contribution in [2.75, 3.05) is 37.7 Å². The third-order valence-corrected chi connectivity index (χ3v) is 19.9. The second-order valence-electron chi connectivity index (χ2n) is 22.2. The van der Waals surface area contributed by atoms with Gasteiger partial charge in [-0.2, -0.15) is 0 Å². The van der Waals surface area contributed by atoms with Crippen molar-refractivity contribution in [1.29, 1.82) is 0 Å². The van der Waals surface area contributed by atoms with Gasteiger partial charge in [-0.25, -0.2) is 8.42 Å². The van der Waals surface area contributed by atoms with Crippen molar-refractivity contribution in [1.82, 2.24) is 10.2 Å². The van der Waals surface area contributed by atoms with E-state index in [0.29, 0.717) is 73.4 Å². The van der Waals surface area contributed by atoms with Crippen molar-refractivity contribution in [2.24, 2.45) is 56.7 Å². The summed E-state index contributed by atoms with van der Waals surface area (Å²) in [6.45, 7) is 30.4. The van der Waals surface area contributed by atoms with E-state index >= 15 is 0 Å². The molecule has 0 unspecified atom stereocenters. The molecular formula is C49H78N2O6S. The number of hydrogen-bond acceptors (Lipinski definition) is 8. The van der Waals surface area contributed by atoms with Gasteiger partial charge in [0.05, 0.1) is 23.7 Å². The number of rotatable bonds is 10. The van der Waals surface area contributed by atoms with Crippen molar-refractivity contribution in [2.45, 2.75) is 164 Å². The van der Waals surface area contributed by atoms with Gasteiger partial charge >= 0.3 is 11.9 Å². The number of sulfone groups is 1. The Labute approximate surface area is 352 Å². The number of ether oxygens (including phenoxy) is 2. The van der Waals surface area contributed by atoms with Crippen molar-refractivity contribution >= 4 is 21.8 Å². The van der Waals surface area contributed by atoms with Crippen LogP contribution >= 0.6 is 0 Å². The topological polar surface area (TPSA) is 102 Å². The zero-order valence-corrected chi connectivity index (χ0v) is 38.8. The molecule has 58 heavy (non-hydrogen) atoms. The van der Waals surface area contributed by atoms with Crippen LogP contribution in [0.2, 0.25) is 0 Å². The molecule has 0 bridgehead atoms. The maximum Gasteiger partial charge on any atom is 0.324 e. The SMILES string of the molecule is C=C(C)[C@@H]1CC[C@]2(NCCN3CCS(=O)(=O)CC3)CC[C@]3(C)[C@H](CC[C@@H]4[C@@]5(C)CC=C(C6=CCC(C(=O)OC(C)C)(C(=O)OC(C)C)CC6)C(C)(C)[C@@H]5CC[C@]43C)[C@@H]12. The molecule has 0 radical (unpaired) electrons. The molecule has 0 aromatic carbocycles. The second-order valence-corrected chi connectivity index (χ2v) is 24.5. The molecule has 326 valence electrons. The first-order valence-electron chi connectivity index (χ1n) is 23.2. The average Bonchev–Trinajstić information content (AvgIpc) is 3.52. The standard InChI is InChI=1S/C49H78N2O6S/c1-32(2)36-16-23-49(50-26-27-51-28-30-58(54,55)31-29-51)25-24-46(10)38(41(36)49)12-13-40-45(9)19-17-37(44(7,8)39(45)18-20-47(40,46)11)35-14-21-48(22-15-35,42(52)56-33(3)4)43(53)57-34(5)6/h14,17,33-34,36,38-41,50H,1,12-13,15-16,18-31H2,2-11H3/t36-,38+,39-,40+,41+,45-,46+,47+,49-/m0/s1. The fraction of sp³-hybridized carbons (Fsp3) is 0.837. The number of allylic oxidation sites excluding steroid dienone is 5. The highest BCUT2D eigenvalue weighted by Crippen LogP contribution is 2.76. The summed E-state index contributed by atoms with van der Waals surface area (Å²) >= 11 is 0. The molecular weight excluding hydrogens is 745 g/mol. The molecule has 1 aliphatic heterocycles. The van der Waals surface area contributed by atoms with E-state index < -0.39 is 27.2 Å². The Bertz CT molecular complexity index is 1780. The van der Waals surface area contributed by atoms with Crippen molar-refractivity contribution in [3.63, 3.8) is 0 Å². The highest BCUT2D eigenvalue weighted by atomic mass is 32.2. The number of nitrogens with zero attached hydrogens (tertiary/aromatic N) is 1. The normalized spacial score (nSPS) is 40.3. The van der Waals surface area contributed by atoms with Crippen molar-refractivity contribution in [3.05, 3.63) is 35.5 Å². The Morgan fingerprint density at radius 1 is 0.828 bits per heavy atom. The van der Waals surface area contributed by atoms with Crippen LogP contribution in [0.3, 0.4) is 0 Å². The van der Waals surface area contributed by atoms with Crippen molar-refractivity contribution < 1.29 is 27.5 Å². The predicted octanol–water partition coefficient (Wildman–Crippen LogP) is 9.25. The molecule has 1 saturated heterocycles. The van der Waals surface area contributed by atoms with Gasteiger partial charge in [0.1, 0.15) is 0 Å². The number of nitrogens with one attached hydrogen (secondary N) is 1. The zero-order valence-electron chi connectivity index (χ0n) is 37.9. The molecule has 9 atom stereocenters. The fourth-order valence-electron chi connectivity index (χ4n) is 15.2. The summed E-state index contributed by atoms with van der Waals surface area (Å²) in [5.41, 5.74) is 3.57. The van der Waals surface area contributed by atoms with Gasteiger partial charge in [-0.3, -0.25) is 9.59 Å². The largest absolute Gasteiger partial charge is 0.462 e. The third-order valence-electron chi connectivity index (χ3n) is 18.3. The number of carbonyl (C=O) groups is 2. The van der Waals surface area contributed by atoms with Gasteiger partial charge in [-0.15, -0.1) is 0 Å². The summed E-state index contributed by atoms with van der Waals surface area (Å²) < 4.78 is 35.6. The van der Waals surface area contributed by atoms with Crippen LogP contribution in [-0.4, -0.2) is 80.7 Å². The molecule has 1 N–H and O–H groups in total. The van der Waals surface area contributed by atoms with Gasteiger partial charge < -0.3 is 19.7 Å². The number of fused-ring (bicyclic) bond motifs is 7. The zero-order chi connectivity index (χ0) is 42.3. The molecule has 9 heteroatoms. The molecule has 0 amide bonds. The van der Waals surface area contributed by atoms with Crippen LogP contribution in [0.15, 0.2) is 35.5 Å². The fourth-order valence-corrected chi connectivity index (χ4v) is 16.5. The highest BCUT2D eigenvalue weighted by molar-refractivity contribution is 7.91. The first-order chi connectivity index (χ1) is 27.1.